The highest BCUT2D eigenvalue weighted by Crippen LogP contribution is 2.06. The molecule has 1 aromatic rings. The number of rotatable bonds is 6. The highest BCUT2D eigenvalue weighted by molar-refractivity contribution is 4.84. The van der Waals surface area contributed by atoms with E-state index in [-0.39, 0.29) is 17.3 Å². The van der Waals surface area contributed by atoms with Crippen molar-refractivity contribution in [3.8, 4) is 0 Å². The summed E-state index contributed by atoms with van der Waals surface area (Å²) in [6.07, 6.45) is 4.80. The third-order valence-electron chi connectivity index (χ3n) is 3.27. The Labute approximate surface area is 104 Å². The van der Waals surface area contributed by atoms with Crippen LogP contribution in [0.1, 0.15) is 47.1 Å². The Bertz CT molecular complexity index is 401. The van der Waals surface area contributed by atoms with Crippen molar-refractivity contribution in [3.63, 3.8) is 0 Å². The molecule has 0 aromatic carbocycles. The van der Waals surface area contributed by atoms with E-state index in [4.69, 9.17) is 0 Å². The Hall–Kier alpha value is -1.03. The zero-order chi connectivity index (χ0) is 13.1. The summed E-state index contributed by atoms with van der Waals surface area (Å²) in [5.74, 6) is 0. The fraction of sp³-hybridized carbons (Fsp3) is 0.769. The lowest BCUT2D eigenvalue weighted by molar-refractivity contribution is 0.365. The maximum atomic E-state index is 11.9. The first kappa shape index (κ1) is 14.0. The lowest BCUT2D eigenvalue weighted by Gasteiger charge is -2.24. The molecule has 0 aliphatic rings. The Morgan fingerprint density at radius 1 is 1.35 bits per heavy atom. The smallest absolute Gasteiger partial charge is 0.310 e. The van der Waals surface area contributed by atoms with Crippen LogP contribution in [0.25, 0.3) is 0 Å². The molecule has 0 radical (unpaired) electrons. The van der Waals surface area contributed by atoms with E-state index in [9.17, 15) is 4.79 Å². The summed E-state index contributed by atoms with van der Waals surface area (Å²) in [5.41, 5.74) is 0.223. The second kappa shape index (κ2) is 5.54. The van der Waals surface area contributed by atoms with Crippen molar-refractivity contribution < 1.29 is 0 Å². The van der Waals surface area contributed by atoms with Gasteiger partial charge in [-0.1, -0.05) is 6.92 Å². The van der Waals surface area contributed by atoms with Crippen LogP contribution in [0.5, 0.6) is 0 Å². The van der Waals surface area contributed by atoms with Crippen LogP contribution in [0.15, 0.2) is 17.2 Å². The van der Waals surface area contributed by atoms with Crippen molar-refractivity contribution in [2.75, 3.05) is 6.54 Å². The van der Waals surface area contributed by atoms with Crippen molar-refractivity contribution in [2.45, 2.75) is 59.2 Å². The van der Waals surface area contributed by atoms with Crippen molar-refractivity contribution in [1.29, 1.82) is 0 Å². The third-order valence-corrected chi connectivity index (χ3v) is 3.27. The first-order valence-electron chi connectivity index (χ1n) is 6.39. The number of imidazole rings is 1. The van der Waals surface area contributed by atoms with Crippen molar-refractivity contribution in [3.05, 3.63) is 22.9 Å². The van der Waals surface area contributed by atoms with E-state index in [0.29, 0.717) is 0 Å². The van der Waals surface area contributed by atoms with E-state index >= 15 is 0 Å². The van der Waals surface area contributed by atoms with Gasteiger partial charge in [0.05, 0.1) is 0 Å². The first-order chi connectivity index (χ1) is 7.87. The van der Waals surface area contributed by atoms with Gasteiger partial charge in [-0.2, -0.15) is 0 Å². The van der Waals surface area contributed by atoms with Gasteiger partial charge in [0.2, 0.25) is 0 Å². The molecule has 0 saturated carbocycles. The van der Waals surface area contributed by atoms with E-state index in [0.717, 1.165) is 19.5 Å². The molecule has 0 spiro atoms. The highest BCUT2D eigenvalue weighted by Gasteiger charge is 2.13. The van der Waals surface area contributed by atoms with E-state index in [1.54, 1.807) is 9.13 Å². The standard InChI is InChI=1S/C13H25N3O/c1-6-13(4,5)14-7-8-15-9-10-16(11(2)3)12(15)17/h9-11,14H,6-8H2,1-5H3. The first-order valence-corrected chi connectivity index (χ1v) is 6.39. The monoisotopic (exact) mass is 239 g/mol. The molecule has 0 aliphatic heterocycles. The summed E-state index contributed by atoms with van der Waals surface area (Å²) in [6, 6.07) is 0.226. The molecule has 0 amide bonds. The van der Waals surface area contributed by atoms with Crippen LogP contribution in [0.4, 0.5) is 0 Å². The molecule has 0 bridgehead atoms. The van der Waals surface area contributed by atoms with Gasteiger partial charge in [-0.3, -0.25) is 9.13 Å². The maximum absolute atomic E-state index is 11.9. The van der Waals surface area contributed by atoms with Gasteiger partial charge in [-0.15, -0.1) is 0 Å². The second-order valence-corrected chi connectivity index (χ2v) is 5.44. The third kappa shape index (κ3) is 3.73. The molecular formula is C13H25N3O. The molecule has 98 valence electrons. The predicted octanol–water partition coefficient (Wildman–Crippen LogP) is 2.01. The summed E-state index contributed by atoms with van der Waals surface area (Å²) in [5, 5.41) is 3.45. The van der Waals surface area contributed by atoms with E-state index in [1.165, 1.54) is 0 Å². The zero-order valence-corrected chi connectivity index (χ0v) is 11.7. The second-order valence-electron chi connectivity index (χ2n) is 5.44. The van der Waals surface area contributed by atoms with Crippen LogP contribution >= 0.6 is 0 Å². The molecule has 1 N–H and O–H groups in total. The van der Waals surface area contributed by atoms with Crippen molar-refractivity contribution in [1.82, 2.24) is 14.5 Å². The van der Waals surface area contributed by atoms with E-state index < -0.39 is 0 Å². The quantitative estimate of drug-likeness (QED) is 0.824. The lowest BCUT2D eigenvalue weighted by Crippen LogP contribution is -2.41. The number of aromatic nitrogens is 2. The Balaban J connectivity index is 2.57. The minimum atomic E-state index is 0.0797. The van der Waals surface area contributed by atoms with Gasteiger partial charge in [0, 0.05) is 37.1 Å². The molecule has 1 rings (SSSR count). The molecule has 1 aromatic heterocycles. The molecule has 4 heteroatoms. The Kier molecular flexibility index (Phi) is 4.57. The molecule has 0 atom stereocenters. The predicted molar refractivity (Wildman–Crippen MR) is 71.4 cm³/mol. The minimum Gasteiger partial charge on any atom is -0.310 e. The fourth-order valence-corrected chi connectivity index (χ4v) is 1.63. The summed E-state index contributed by atoms with van der Waals surface area (Å²) < 4.78 is 3.52. The van der Waals surface area contributed by atoms with E-state index in [1.807, 2.05) is 26.2 Å². The van der Waals surface area contributed by atoms with Crippen LogP contribution in [0.2, 0.25) is 0 Å². The molecule has 0 aliphatic carbocycles. The molecule has 17 heavy (non-hydrogen) atoms. The summed E-state index contributed by atoms with van der Waals surface area (Å²) in [4.78, 5) is 11.9. The number of hydrogen-bond acceptors (Lipinski definition) is 2. The minimum absolute atomic E-state index is 0.0797. The molecule has 0 unspecified atom stereocenters. The number of nitrogens with one attached hydrogen (secondary N) is 1. The maximum Gasteiger partial charge on any atom is 0.328 e. The summed E-state index contributed by atoms with van der Waals surface area (Å²) in [6.45, 7) is 12.1. The molecule has 1 heterocycles. The summed E-state index contributed by atoms with van der Waals surface area (Å²) in [7, 11) is 0. The van der Waals surface area contributed by atoms with Crippen LogP contribution in [0, 0.1) is 0 Å². The topological polar surface area (TPSA) is 39.0 Å². The van der Waals surface area contributed by atoms with Crippen LogP contribution in [-0.2, 0) is 6.54 Å². The number of hydrogen-bond donors (Lipinski definition) is 1. The molecule has 0 saturated heterocycles. The largest absolute Gasteiger partial charge is 0.328 e. The van der Waals surface area contributed by atoms with E-state index in [2.05, 4.69) is 26.1 Å². The average molecular weight is 239 g/mol. The summed E-state index contributed by atoms with van der Waals surface area (Å²) >= 11 is 0. The lowest BCUT2D eigenvalue weighted by atomic mass is 10.0. The van der Waals surface area contributed by atoms with Gasteiger partial charge in [0.1, 0.15) is 0 Å². The van der Waals surface area contributed by atoms with Gasteiger partial charge < -0.3 is 5.32 Å². The zero-order valence-electron chi connectivity index (χ0n) is 11.7. The van der Waals surface area contributed by atoms with Crippen molar-refractivity contribution >= 4 is 0 Å². The molecule has 4 nitrogen and oxygen atoms in total. The van der Waals surface area contributed by atoms with Gasteiger partial charge >= 0.3 is 5.69 Å². The van der Waals surface area contributed by atoms with Gasteiger partial charge in [-0.05, 0) is 34.1 Å². The molecular weight excluding hydrogens is 214 g/mol. The Morgan fingerprint density at radius 2 is 2.00 bits per heavy atom. The fourth-order valence-electron chi connectivity index (χ4n) is 1.63. The SMILES string of the molecule is CCC(C)(C)NCCn1ccn(C(C)C)c1=O. The molecule has 0 fully saturated rings. The van der Waals surface area contributed by atoms with Crippen LogP contribution in [0.3, 0.4) is 0 Å². The van der Waals surface area contributed by atoms with Crippen LogP contribution in [-0.4, -0.2) is 21.2 Å². The highest BCUT2D eigenvalue weighted by atomic mass is 16.1. The average Bonchev–Trinajstić information content (AvgIpc) is 2.60. The van der Waals surface area contributed by atoms with Crippen molar-refractivity contribution in [2.24, 2.45) is 0 Å². The van der Waals surface area contributed by atoms with Gasteiger partial charge in [-0.25, -0.2) is 4.79 Å². The Morgan fingerprint density at radius 3 is 2.47 bits per heavy atom. The van der Waals surface area contributed by atoms with Gasteiger partial charge in [0.15, 0.2) is 0 Å². The van der Waals surface area contributed by atoms with Crippen LogP contribution < -0.4 is 11.0 Å². The normalized spacial score (nSPS) is 12.4. The van der Waals surface area contributed by atoms with Gasteiger partial charge in [0.25, 0.3) is 0 Å². The number of nitrogens with zero attached hydrogens (tertiary/aromatic N) is 2.